The van der Waals surface area contributed by atoms with Crippen LogP contribution in [0.5, 0.6) is 17.2 Å². The van der Waals surface area contributed by atoms with Gasteiger partial charge < -0.3 is 20.3 Å². The molecule has 0 aliphatic carbocycles. The van der Waals surface area contributed by atoms with Gasteiger partial charge in [0.1, 0.15) is 5.75 Å². The number of phenolic OH excluding ortho intramolecular Hbond substituents is 1. The molecule has 0 heterocycles. The average Bonchev–Trinajstić information content (AvgIpc) is 2.43. The summed E-state index contributed by atoms with van der Waals surface area (Å²) in [7, 11) is 1.76. The summed E-state index contributed by atoms with van der Waals surface area (Å²) in [6.07, 6.45) is -0.653. The number of nitrogens with one attached hydrogen (secondary N) is 1. The fourth-order valence-corrected chi connectivity index (χ4v) is 1.87. The minimum Gasteiger partial charge on any atom is -0.504 e. The smallest absolute Gasteiger partial charge is 0.169 e. The first-order valence-electron chi connectivity index (χ1n) is 6.50. The molecule has 20 heavy (non-hydrogen) atoms. The summed E-state index contributed by atoms with van der Waals surface area (Å²) in [5.41, 5.74) is 1.79. The van der Waals surface area contributed by atoms with Crippen molar-refractivity contribution in [1.82, 2.24) is 5.32 Å². The second-order valence-electron chi connectivity index (χ2n) is 4.72. The normalized spacial score (nSPS) is 12.2. The first kappa shape index (κ1) is 14.4. The van der Waals surface area contributed by atoms with Gasteiger partial charge in [0.25, 0.3) is 0 Å². The number of aliphatic hydroxyl groups is 1. The van der Waals surface area contributed by atoms with E-state index in [1.54, 1.807) is 19.2 Å². The first-order chi connectivity index (χ1) is 9.60. The van der Waals surface area contributed by atoms with Gasteiger partial charge in [-0.2, -0.15) is 0 Å². The van der Waals surface area contributed by atoms with Gasteiger partial charge in [0.2, 0.25) is 0 Å². The van der Waals surface area contributed by atoms with Crippen molar-refractivity contribution in [2.45, 2.75) is 13.0 Å². The highest BCUT2D eigenvalue weighted by atomic mass is 16.5. The van der Waals surface area contributed by atoms with Gasteiger partial charge in [0, 0.05) is 6.54 Å². The van der Waals surface area contributed by atoms with Crippen LogP contribution in [-0.2, 0) is 0 Å². The van der Waals surface area contributed by atoms with E-state index in [1.165, 1.54) is 6.07 Å². The fourth-order valence-electron chi connectivity index (χ4n) is 1.87. The van der Waals surface area contributed by atoms with Crippen molar-refractivity contribution >= 4 is 0 Å². The number of benzene rings is 2. The quantitative estimate of drug-likeness (QED) is 0.784. The number of ether oxygens (including phenoxy) is 1. The lowest BCUT2D eigenvalue weighted by molar-refractivity contribution is 0.177. The van der Waals surface area contributed by atoms with Gasteiger partial charge in [0.15, 0.2) is 11.5 Å². The minimum absolute atomic E-state index is 0.0122. The third-order valence-electron chi connectivity index (χ3n) is 3.01. The van der Waals surface area contributed by atoms with Crippen molar-refractivity contribution < 1.29 is 14.9 Å². The van der Waals surface area contributed by atoms with E-state index in [0.717, 1.165) is 5.56 Å². The molecule has 0 bridgehead atoms. The van der Waals surface area contributed by atoms with Crippen LogP contribution in [0.15, 0.2) is 42.5 Å². The highest BCUT2D eigenvalue weighted by molar-refractivity contribution is 5.45. The molecule has 0 spiro atoms. The number of phenols is 1. The van der Waals surface area contributed by atoms with Gasteiger partial charge in [-0.3, -0.25) is 0 Å². The Morgan fingerprint density at radius 3 is 2.45 bits per heavy atom. The molecule has 0 amide bonds. The molecule has 4 heteroatoms. The van der Waals surface area contributed by atoms with Crippen LogP contribution in [0, 0.1) is 6.92 Å². The highest BCUT2D eigenvalue weighted by Gasteiger charge is 2.10. The van der Waals surface area contributed by atoms with Gasteiger partial charge in [-0.1, -0.05) is 23.8 Å². The predicted octanol–water partition coefficient (Wildman–Crippen LogP) is 2.75. The largest absolute Gasteiger partial charge is 0.504 e. The topological polar surface area (TPSA) is 61.7 Å². The van der Waals surface area contributed by atoms with E-state index in [9.17, 15) is 10.2 Å². The lowest BCUT2D eigenvalue weighted by atomic mass is 10.1. The molecule has 0 radical (unpaired) electrons. The molecule has 2 aromatic carbocycles. The number of hydrogen-bond acceptors (Lipinski definition) is 4. The van der Waals surface area contributed by atoms with Crippen LogP contribution in [0.1, 0.15) is 17.2 Å². The number of likely N-dealkylation sites (N-methyl/N-ethyl adjacent to an activating group) is 1. The van der Waals surface area contributed by atoms with E-state index < -0.39 is 6.10 Å². The van der Waals surface area contributed by atoms with Crippen molar-refractivity contribution in [2.75, 3.05) is 13.6 Å². The van der Waals surface area contributed by atoms with Gasteiger partial charge in [-0.05, 0) is 43.8 Å². The fraction of sp³-hybridized carbons (Fsp3) is 0.250. The Bertz CT molecular complexity index is 566. The minimum atomic E-state index is -0.653. The molecular weight excluding hydrogens is 254 g/mol. The SMILES string of the molecule is CNCC(O)c1ccc(Oc2ccc(C)cc2)c(O)c1. The molecule has 2 aromatic rings. The first-order valence-corrected chi connectivity index (χ1v) is 6.50. The van der Waals surface area contributed by atoms with Gasteiger partial charge in [-0.25, -0.2) is 0 Å². The third-order valence-corrected chi connectivity index (χ3v) is 3.01. The van der Waals surface area contributed by atoms with Crippen LogP contribution in [-0.4, -0.2) is 23.8 Å². The molecule has 1 unspecified atom stereocenters. The zero-order valence-corrected chi connectivity index (χ0v) is 11.6. The van der Waals surface area contributed by atoms with Crippen molar-refractivity contribution in [3.8, 4) is 17.2 Å². The Balaban J connectivity index is 2.15. The summed E-state index contributed by atoms with van der Waals surface area (Å²) in [6.45, 7) is 2.43. The maximum Gasteiger partial charge on any atom is 0.169 e. The molecule has 1 atom stereocenters. The zero-order chi connectivity index (χ0) is 14.5. The van der Waals surface area contributed by atoms with E-state index in [2.05, 4.69) is 5.32 Å². The van der Waals surface area contributed by atoms with Crippen LogP contribution in [0.3, 0.4) is 0 Å². The van der Waals surface area contributed by atoms with E-state index in [4.69, 9.17) is 4.74 Å². The molecule has 0 aromatic heterocycles. The number of aromatic hydroxyl groups is 1. The monoisotopic (exact) mass is 273 g/mol. The number of aryl methyl sites for hydroxylation is 1. The molecule has 0 aliphatic rings. The summed E-state index contributed by atoms with van der Waals surface area (Å²) in [6, 6.07) is 12.5. The van der Waals surface area contributed by atoms with Crippen LogP contribution in [0.2, 0.25) is 0 Å². The van der Waals surface area contributed by atoms with Crippen LogP contribution < -0.4 is 10.1 Å². The summed E-state index contributed by atoms with van der Waals surface area (Å²) >= 11 is 0. The Hall–Kier alpha value is -2.04. The molecule has 0 saturated carbocycles. The lowest BCUT2D eigenvalue weighted by Crippen LogP contribution is -2.16. The molecule has 0 fully saturated rings. The molecule has 0 aliphatic heterocycles. The second kappa shape index (κ2) is 6.41. The molecule has 4 nitrogen and oxygen atoms in total. The van der Waals surface area contributed by atoms with Gasteiger partial charge >= 0.3 is 0 Å². The van der Waals surface area contributed by atoms with Gasteiger partial charge in [-0.15, -0.1) is 0 Å². The molecule has 2 rings (SSSR count). The van der Waals surface area contributed by atoms with E-state index in [-0.39, 0.29) is 5.75 Å². The van der Waals surface area contributed by atoms with Gasteiger partial charge in [0.05, 0.1) is 6.10 Å². The summed E-state index contributed by atoms with van der Waals surface area (Å²) in [5, 5.41) is 22.7. The van der Waals surface area contributed by atoms with Crippen LogP contribution >= 0.6 is 0 Å². The Labute approximate surface area is 118 Å². The Kier molecular flexibility index (Phi) is 4.61. The Morgan fingerprint density at radius 2 is 1.85 bits per heavy atom. The lowest BCUT2D eigenvalue weighted by Gasteiger charge is -2.13. The summed E-state index contributed by atoms with van der Waals surface area (Å²) in [4.78, 5) is 0. The Morgan fingerprint density at radius 1 is 1.15 bits per heavy atom. The van der Waals surface area contributed by atoms with Crippen molar-refractivity contribution in [3.63, 3.8) is 0 Å². The predicted molar refractivity (Wildman–Crippen MR) is 78.2 cm³/mol. The number of hydrogen-bond donors (Lipinski definition) is 3. The van der Waals surface area contributed by atoms with Crippen molar-refractivity contribution in [3.05, 3.63) is 53.6 Å². The van der Waals surface area contributed by atoms with E-state index >= 15 is 0 Å². The van der Waals surface area contributed by atoms with Crippen molar-refractivity contribution in [2.24, 2.45) is 0 Å². The van der Waals surface area contributed by atoms with E-state index in [1.807, 2.05) is 31.2 Å². The number of aliphatic hydroxyl groups excluding tert-OH is 1. The third kappa shape index (κ3) is 3.50. The highest BCUT2D eigenvalue weighted by Crippen LogP contribution is 2.32. The standard InChI is InChI=1S/C16H19NO3/c1-11-3-6-13(7-4-11)20-16-8-5-12(9-14(16)18)15(19)10-17-2/h3-9,15,17-19H,10H2,1-2H3. The average molecular weight is 273 g/mol. The molecule has 106 valence electrons. The second-order valence-corrected chi connectivity index (χ2v) is 4.72. The van der Waals surface area contributed by atoms with Crippen LogP contribution in [0.4, 0.5) is 0 Å². The number of rotatable bonds is 5. The molecular formula is C16H19NO3. The summed E-state index contributed by atoms with van der Waals surface area (Å²) in [5.74, 6) is 1.04. The maximum absolute atomic E-state index is 9.97. The molecule has 0 saturated heterocycles. The summed E-state index contributed by atoms with van der Waals surface area (Å²) < 4.78 is 5.61. The maximum atomic E-state index is 9.97. The van der Waals surface area contributed by atoms with Crippen LogP contribution in [0.25, 0.3) is 0 Å². The van der Waals surface area contributed by atoms with Crippen molar-refractivity contribution in [1.29, 1.82) is 0 Å². The molecule has 3 N–H and O–H groups in total. The zero-order valence-electron chi connectivity index (χ0n) is 11.6. The van der Waals surface area contributed by atoms with E-state index in [0.29, 0.717) is 23.6 Å².